The minimum atomic E-state index is 0.294. The summed E-state index contributed by atoms with van der Waals surface area (Å²) >= 11 is 2.62. The third-order valence-electron chi connectivity index (χ3n) is 8.08. The van der Waals surface area contributed by atoms with E-state index in [9.17, 15) is 10.4 Å². The van der Waals surface area contributed by atoms with E-state index in [1.165, 1.54) is 11.3 Å². The summed E-state index contributed by atoms with van der Waals surface area (Å²) in [7, 11) is 1.59. The highest BCUT2D eigenvalue weighted by atomic mass is 32.2. The van der Waals surface area contributed by atoms with E-state index in [-0.39, 0.29) is 0 Å². The number of nitrogens with one attached hydrogen (secondary N) is 1. The number of rotatable bonds is 14. The van der Waals surface area contributed by atoms with E-state index < -0.39 is 0 Å². The van der Waals surface area contributed by atoms with E-state index in [1.54, 1.807) is 13.3 Å². The van der Waals surface area contributed by atoms with Gasteiger partial charge in [0.1, 0.15) is 27.5 Å². The second kappa shape index (κ2) is 16.6. The Hall–Kier alpha value is -4.44. The fraction of sp³-hybridized carbons (Fsp3) is 0.270. The van der Waals surface area contributed by atoms with Crippen LogP contribution in [0, 0.1) is 17.2 Å². The van der Waals surface area contributed by atoms with Gasteiger partial charge >= 0.3 is 0 Å². The Morgan fingerprint density at radius 3 is 2.58 bits per heavy atom. The molecule has 1 saturated heterocycles. The molecule has 0 bridgehead atoms. The highest BCUT2D eigenvalue weighted by Crippen LogP contribution is 2.47. The van der Waals surface area contributed by atoms with Crippen LogP contribution in [-0.4, -0.2) is 59.9 Å². The number of piperidine rings is 1. The van der Waals surface area contributed by atoms with Gasteiger partial charge in [-0.1, -0.05) is 36.4 Å². The number of likely N-dealkylation sites (tertiary alicyclic amines) is 1. The van der Waals surface area contributed by atoms with Crippen LogP contribution in [0.5, 0.6) is 17.2 Å². The number of anilines is 2. The van der Waals surface area contributed by atoms with E-state index in [0.717, 1.165) is 88.3 Å². The molecule has 2 aromatic heterocycles. The zero-order chi connectivity index (χ0) is 33.1. The largest absolute Gasteiger partial charge is 0.493 e. The Bertz CT molecular complexity index is 1840. The number of hydrogen-bond acceptors (Lipinski definition) is 11. The number of para-hydroxylation sites is 1. The van der Waals surface area contributed by atoms with Gasteiger partial charge in [0.25, 0.3) is 0 Å². The average molecular weight is 680 g/mol. The number of ether oxygens (including phenoxy) is 2. The topological polar surface area (TPSA) is 113 Å². The molecule has 5 aromatic rings. The number of thiophene rings is 1. The summed E-state index contributed by atoms with van der Waals surface area (Å²) < 4.78 is 18.3. The van der Waals surface area contributed by atoms with Crippen LogP contribution in [0.3, 0.4) is 0 Å². The molecule has 0 aliphatic carbocycles. The number of aromatic nitrogens is 2. The number of nitrogens with zero attached hydrogens (tertiary/aromatic N) is 4. The van der Waals surface area contributed by atoms with Crippen LogP contribution in [0.15, 0.2) is 95.3 Å². The number of hydrogen-bond donors (Lipinski definition) is 2. The van der Waals surface area contributed by atoms with Crippen LogP contribution in [0.1, 0.15) is 24.8 Å². The smallest absolute Gasteiger partial charge is 0.227 e. The first-order chi connectivity index (χ1) is 23.6. The molecule has 0 atom stereocenters. The van der Waals surface area contributed by atoms with Crippen molar-refractivity contribution in [1.82, 2.24) is 14.9 Å². The summed E-state index contributed by atoms with van der Waals surface area (Å²) in [6, 6.07) is 29.3. The van der Waals surface area contributed by atoms with Crippen molar-refractivity contribution in [2.45, 2.75) is 23.5 Å². The molecule has 2 N–H and O–H groups in total. The molecule has 11 heteroatoms. The normalized spacial score (nSPS) is 13.6. The Balaban J connectivity index is 1.18. The van der Waals surface area contributed by atoms with Crippen LogP contribution in [-0.2, 0) is 4.18 Å². The molecule has 1 fully saturated rings. The average Bonchev–Trinajstić information content (AvgIpc) is 3.50. The Kier molecular flexibility index (Phi) is 11.6. The van der Waals surface area contributed by atoms with Gasteiger partial charge in [-0.05, 0) is 86.3 Å². The van der Waals surface area contributed by atoms with Crippen molar-refractivity contribution in [1.29, 1.82) is 5.26 Å². The Morgan fingerprint density at radius 1 is 1.00 bits per heavy atom. The SMILES string of the molecule is COSc1sc(-c2ccnc(Nc3cccc(OCCCN4CCC(CO)CC4)c3)n2)c(-c2cccc(Oc3ccccc3)c2)c1C#N. The molecule has 3 aromatic carbocycles. The van der Waals surface area contributed by atoms with Crippen LogP contribution >= 0.6 is 23.4 Å². The van der Waals surface area contributed by atoms with Gasteiger partial charge in [-0.2, -0.15) is 5.26 Å². The zero-order valence-electron chi connectivity index (χ0n) is 26.7. The maximum Gasteiger partial charge on any atom is 0.227 e. The second-order valence-electron chi connectivity index (χ2n) is 11.4. The second-order valence-corrected chi connectivity index (χ2v) is 13.5. The van der Waals surface area contributed by atoms with Crippen molar-refractivity contribution in [3.05, 3.63) is 96.7 Å². The molecule has 0 saturated carbocycles. The summed E-state index contributed by atoms with van der Waals surface area (Å²) in [6.45, 7) is 3.98. The van der Waals surface area contributed by atoms with Gasteiger partial charge in [0, 0.05) is 48.7 Å². The van der Waals surface area contributed by atoms with Crippen LogP contribution in [0.25, 0.3) is 21.7 Å². The lowest BCUT2D eigenvalue weighted by Crippen LogP contribution is -2.35. The fourth-order valence-electron chi connectivity index (χ4n) is 5.65. The summed E-state index contributed by atoms with van der Waals surface area (Å²) in [5.41, 5.74) is 3.60. The molecular formula is C37H37N5O4S2. The maximum absolute atomic E-state index is 10.3. The summed E-state index contributed by atoms with van der Waals surface area (Å²) in [4.78, 5) is 12.6. The van der Waals surface area contributed by atoms with Crippen molar-refractivity contribution in [2.75, 3.05) is 45.3 Å². The van der Waals surface area contributed by atoms with Crippen molar-refractivity contribution in [2.24, 2.45) is 5.92 Å². The highest BCUT2D eigenvalue weighted by molar-refractivity contribution is 7.96. The molecule has 246 valence electrons. The molecule has 0 unspecified atom stereocenters. The van der Waals surface area contributed by atoms with Gasteiger partial charge in [-0.15, -0.1) is 11.3 Å². The third kappa shape index (κ3) is 8.52. The molecule has 1 aliphatic heterocycles. The summed E-state index contributed by atoms with van der Waals surface area (Å²) in [5, 5.41) is 23.0. The maximum atomic E-state index is 10.3. The first kappa shape index (κ1) is 33.5. The predicted octanol–water partition coefficient (Wildman–Crippen LogP) is 8.41. The third-order valence-corrected chi connectivity index (χ3v) is 10.1. The van der Waals surface area contributed by atoms with Gasteiger partial charge in [-0.25, -0.2) is 9.97 Å². The van der Waals surface area contributed by atoms with Crippen LogP contribution in [0.2, 0.25) is 0 Å². The van der Waals surface area contributed by atoms with Gasteiger partial charge < -0.3 is 29.0 Å². The summed E-state index contributed by atoms with van der Waals surface area (Å²) in [6.07, 6.45) is 4.77. The van der Waals surface area contributed by atoms with Crippen molar-refractivity contribution < 1.29 is 18.8 Å². The molecule has 0 amide bonds. The molecule has 0 radical (unpaired) electrons. The molecule has 9 nitrogen and oxygen atoms in total. The Morgan fingerprint density at radius 2 is 1.79 bits per heavy atom. The lowest BCUT2D eigenvalue weighted by molar-refractivity contribution is 0.126. The first-order valence-electron chi connectivity index (χ1n) is 15.9. The number of nitriles is 1. The van der Waals surface area contributed by atoms with Crippen molar-refractivity contribution in [3.8, 4) is 45.0 Å². The van der Waals surface area contributed by atoms with Crippen LogP contribution < -0.4 is 14.8 Å². The molecular weight excluding hydrogens is 643 g/mol. The minimum Gasteiger partial charge on any atom is -0.493 e. The van der Waals surface area contributed by atoms with Gasteiger partial charge in [0.05, 0.1) is 29.9 Å². The molecule has 48 heavy (non-hydrogen) atoms. The lowest BCUT2D eigenvalue weighted by atomic mass is 9.98. The fourth-order valence-corrected chi connectivity index (χ4v) is 7.60. The van der Waals surface area contributed by atoms with E-state index in [2.05, 4.69) is 21.3 Å². The standard InChI is InChI=1S/C37H37N5O4S2/c1-44-48-36-32(24-38)34(27-8-5-13-31(22-27)46-29-10-3-2-4-11-29)35(47-36)33-14-17-39-37(41-33)40-28-9-6-12-30(23-28)45-21-7-18-42-19-15-26(25-43)16-20-42/h2-6,8-14,17,22-23,26,43H,7,15-16,18-21,25H2,1H3,(H,39,40,41). The monoisotopic (exact) mass is 679 g/mol. The minimum absolute atomic E-state index is 0.294. The quantitative estimate of drug-likeness (QED) is 0.0876. The first-order valence-corrected chi connectivity index (χ1v) is 17.5. The van der Waals surface area contributed by atoms with E-state index in [0.29, 0.717) is 42.1 Å². The van der Waals surface area contributed by atoms with Crippen molar-refractivity contribution >= 4 is 35.0 Å². The highest BCUT2D eigenvalue weighted by Gasteiger charge is 2.23. The van der Waals surface area contributed by atoms with Crippen LogP contribution in [0.4, 0.5) is 11.6 Å². The number of benzene rings is 3. The molecule has 1 aliphatic rings. The molecule has 0 spiro atoms. The van der Waals surface area contributed by atoms with Crippen molar-refractivity contribution in [3.63, 3.8) is 0 Å². The number of aliphatic hydroxyl groups excluding tert-OH is 1. The van der Waals surface area contributed by atoms with Gasteiger partial charge in [0.2, 0.25) is 5.95 Å². The van der Waals surface area contributed by atoms with Gasteiger partial charge in [-0.3, -0.25) is 0 Å². The van der Waals surface area contributed by atoms with E-state index >= 15 is 0 Å². The number of aliphatic hydroxyl groups is 1. The van der Waals surface area contributed by atoms with Gasteiger partial charge in [0.15, 0.2) is 0 Å². The lowest BCUT2D eigenvalue weighted by Gasteiger charge is -2.30. The van der Waals surface area contributed by atoms with E-state index in [1.807, 2.05) is 84.9 Å². The molecule has 3 heterocycles. The zero-order valence-corrected chi connectivity index (χ0v) is 28.3. The molecule has 6 rings (SSSR count). The van der Waals surface area contributed by atoms with E-state index in [4.69, 9.17) is 18.6 Å². The Labute approximate surface area is 289 Å². The predicted molar refractivity (Wildman–Crippen MR) is 191 cm³/mol. The summed E-state index contributed by atoms with van der Waals surface area (Å²) in [5.74, 6) is 3.04.